The molecule has 0 bridgehead atoms. The Bertz CT molecular complexity index is 1510. The summed E-state index contributed by atoms with van der Waals surface area (Å²) in [7, 11) is 0. The molecule has 39 heavy (non-hydrogen) atoms. The fraction of sp³-hybridized carbons (Fsp3) is 0.0690. The van der Waals surface area contributed by atoms with Gasteiger partial charge >= 0.3 is 0 Å². The van der Waals surface area contributed by atoms with Gasteiger partial charge in [0.25, 0.3) is 11.8 Å². The van der Waals surface area contributed by atoms with E-state index in [0.717, 1.165) is 9.77 Å². The molecule has 0 radical (unpaired) electrons. The van der Waals surface area contributed by atoms with Crippen molar-refractivity contribution in [2.75, 3.05) is 10.6 Å². The molecular formula is C29H23BrFN3O3S2. The molecule has 3 N–H and O–H groups in total. The Morgan fingerprint density at radius 1 is 0.949 bits per heavy atom. The Balaban J connectivity index is 1.44. The van der Waals surface area contributed by atoms with Crippen LogP contribution in [0, 0.1) is 5.82 Å². The first-order chi connectivity index (χ1) is 18.8. The smallest absolute Gasteiger partial charge is 0.272 e. The molecule has 1 heterocycles. The lowest BCUT2D eigenvalue weighted by Gasteiger charge is -2.14. The van der Waals surface area contributed by atoms with E-state index in [-0.39, 0.29) is 17.3 Å². The van der Waals surface area contributed by atoms with Crippen molar-refractivity contribution in [1.29, 1.82) is 0 Å². The molecule has 3 aromatic carbocycles. The highest BCUT2D eigenvalue weighted by Gasteiger charge is 2.18. The number of carbonyl (C=O) groups excluding carboxylic acids is 3. The highest BCUT2D eigenvalue weighted by atomic mass is 79.9. The van der Waals surface area contributed by atoms with Crippen molar-refractivity contribution < 1.29 is 18.8 Å². The van der Waals surface area contributed by atoms with Gasteiger partial charge in [-0.25, -0.2) is 4.39 Å². The van der Waals surface area contributed by atoms with Gasteiger partial charge in [0.15, 0.2) is 0 Å². The predicted octanol–water partition coefficient (Wildman–Crippen LogP) is 7.18. The van der Waals surface area contributed by atoms with E-state index in [2.05, 4.69) is 31.9 Å². The Labute approximate surface area is 241 Å². The topological polar surface area (TPSA) is 87.3 Å². The van der Waals surface area contributed by atoms with Gasteiger partial charge in [-0.1, -0.05) is 46.3 Å². The van der Waals surface area contributed by atoms with E-state index >= 15 is 0 Å². The molecule has 10 heteroatoms. The Kier molecular flexibility index (Phi) is 9.69. The third kappa shape index (κ3) is 8.13. The number of benzene rings is 3. The highest BCUT2D eigenvalue weighted by Crippen LogP contribution is 2.28. The summed E-state index contributed by atoms with van der Waals surface area (Å²) < 4.78 is 14.7. The molecule has 1 unspecified atom stereocenters. The fourth-order valence-electron chi connectivity index (χ4n) is 3.39. The number of hydrogen-bond acceptors (Lipinski definition) is 5. The van der Waals surface area contributed by atoms with Crippen LogP contribution >= 0.6 is 39.0 Å². The van der Waals surface area contributed by atoms with Crippen LogP contribution in [0.15, 0.2) is 105 Å². The van der Waals surface area contributed by atoms with Crippen LogP contribution in [0.2, 0.25) is 0 Å². The molecule has 0 spiro atoms. The predicted molar refractivity (Wildman–Crippen MR) is 159 cm³/mol. The number of halogens is 2. The van der Waals surface area contributed by atoms with Gasteiger partial charge < -0.3 is 16.0 Å². The lowest BCUT2D eigenvalue weighted by atomic mass is 10.2. The number of anilines is 2. The molecule has 0 saturated heterocycles. The van der Waals surface area contributed by atoms with E-state index in [1.165, 1.54) is 35.2 Å². The normalized spacial score (nSPS) is 11.9. The van der Waals surface area contributed by atoms with Gasteiger partial charge in [0, 0.05) is 25.5 Å². The molecule has 0 aliphatic rings. The van der Waals surface area contributed by atoms with Crippen LogP contribution in [0.1, 0.15) is 22.2 Å². The van der Waals surface area contributed by atoms with Gasteiger partial charge in [0.2, 0.25) is 5.91 Å². The van der Waals surface area contributed by atoms with Crippen LogP contribution in [0.4, 0.5) is 15.8 Å². The Morgan fingerprint density at radius 2 is 1.74 bits per heavy atom. The minimum atomic E-state index is -0.543. The molecule has 198 valence electrons. The van der Waals surface area contributed by atoms with Gasteiger partial charge in [0.1, 0.15) is 11.5 Å². The summed E-state index contributed by atoms with van der Waals surface area (Å²) in [4.78, 5) is 40.1. The zero-order valence-corrected chi connectivity index (χ0v) is 23.8. The number of thioether (sulfide) groups is 1. The van der Waals surface area contributed by atoms with E-state index in [4.69, 9.17) is 0 Å². The first-order valence-electron chi connectivity index (χ1n) is 11.7. The zero-order chi connectivity index (χ0) is 27.8. The first-order valence-corrected chi connectivity index (χ1v) is 14.3. The number of amides is 3. The molecule has 0 saturated carbocycles. The number of carbonyl (C=O) groups is 3. The maximum absolute atomic E-state index is 14.1. The maximum atomic E-state index is 14.1. The summed E-state index contributed by atoms with van der Waals surface area (Å²) in [6.07, 6.45) is 1.62. The lowest BCUT2D eigenvalue weighted by Crippen LogP contribution is -2.30. The van der Waals surface area contributed by atoms with Crippen LogP contribution in [0.5, 0.6) is 0 Å². The summed E-state index contributed by atoms with van der Waals surface area (Å²) in [5.41, 5.74) is 1.10. The number of nitrogens with one attached hydrogen (secondary N) is 3. The first kappa shape index (κ1) is 28.3. The van der Waals surface area contributed by atoms with E-state index in [1.54, 1.807) is 67.6 Å². The summed E-state index contributed by atoms with van der Waals surface area (Å²) in [6.45, 7) is 1.71. The molecule has 0 fully saturated rings. The van der Waals surface area contributed by atoms with Crippen molar-refractivity contribution in [3.05, 3.63) is 117 Å². The van der Waals surface area contributed by atoms with Crippen molar-refractivity contribution in [2.24, 2.45) is 0 Å². The molecule has 6 nitrogen and oxygen atoms in total. The number of rotatable bonds is 9. The summed E-state index contributed by atoms with van der Waals surface area (Å²) in [5, 5.41) is 9.47. The molecular weight excluding hydrogens is 601 g/mol. The molecule has 3 amide bonds. The average Bonchev–Trinajstić information content (AvgIpc) is 3.43. The lowest BCUT2D eigenvalue weighted by molar-refractivity contribution is -0.115. The molecule has 4 aromatic rings. The van der Waals surface area contributed by atoms with E-state index in [1.807, 2.05) is 23.6 Å². The van der Waals surface area contributed by atoms with Crippen molar-refractivity contribution in [3.63, 3.8) is 0 Å². The van der Waals surface area contributed by atoms with E-state index in [0.29, 0.717) is 15.7 Å². The molecule has 4 rings (SSSR count). The van der Waals surface area contributed by atoms with Gasteiger partial charge in [-0.15, -0.1) is 23.1 Å². The van der Waals surface area contributed by atoms with Crippen molar-refractivity contribution in [3.8, 4) is 0 Å². The SMILES string of the molecule is CC(Sc1cccc(NC(=O)/C(=C/c2cccs2)NC(=O)c2ccccc2)c1)C(=O)Nc1ccc(Br)cc1F. The van der Waals surface area contributed by atoms with Crippen LogP contribution in [0.3, 0.4) is 0 Å². The average molecular weight is 625 g/mol. The second-order valence-electron chi connectivity index (χ2n) is 8.25. The second kappa shape index (κ2) is 13.4. The monoisotopic (exact) mass is 623 g/mol. The quantitative estimate of drug-likeness (QED) is 0.136. The molecule has 1 aromatic heterocycles. The third-order valence-corrected chi connectivity index (χ3v) is 7.73. The van der Waals surface area contributed by atoms with Crippen molar-refractivity contribution in [1.82, 2.24) is 5.32 Å². The van der Waals surface area contributed by atoms with Gasteiger partial charge in [-0.05, 0) is 73.0 Å². The maximum Gasteiger partial charge on any atom is 0.272 e. The fourth-order valence-corrected chi connectivity index (χ4v) is 5.30. The van der Waals surface area contributed by atoms with Crippen LogP contribution in [-0.2, 0) is 9.59 Å². The second-order valence-corrected chi connectivity index (χ2v) is 11.6. The van der Waals surface area contributed by atoms with Crippen molar-refractivity contribution in [2.45, 2.75) is 17.1 Å². The van der Waals surface area contributed by atoms with Crippen LogP contribution in [0.25, 0.3) is 6.08 Å². The highest BCUT2D eigenvalue weighted by molar-refractivity contribution is 9.10. The number of thiophene rings is 1. The molecule has 0 aliphatic carbocycles. The molecule has 1 atom stereocenters. The van der Waals surface area contributed by atoms with E-state index < -0.39 is 22.9 Å². The molecule has 0 aliphatic heterocycles. The zero-order valence-electron chi connectivity index (χ0n) is 20.6. The minimum absolute atomic E-state index is 0.0913. The van der Waals surface area contributed by atoms with Gasteiger partial charge in [0.05, 0.1) is 10.9 Å². The summed E-state index contributed by atoms with van der Waals surface area (Å²) in [5.74, 6) is -1.79. The third-order valence-electron chi connectivity index (χ3n) is 5.32. The van der Waals surface area contributed by atoms with Gasteiger partial charge in [-0.2, -0.15) is 0 Å². The van der Waals surface area contributed by atoms with Crippen LogP contribution < -0.4 is 16.0 Å². The minimum Gasteiger partial charge on any atom is -0.323 e. The van der Waals surface area contributed by atoms with Gasteiger partial charge in [-0.3, -0.25) is 14.4 Å². The standard InChI is InChI=1S/C29H23BrFN3O3S2/c1-18(27(35)33-25-13-12-20(30)15-24(25)31)39-23-10-5-9-21(16-23)32-29(37)26(17-22-11-6-14-38-22)34-28(36)19-7-3-2-4-8-19/h2-18H,1H3,(H,32,37)(H,33,35)(H,34,36)/b26-17-. The van der Waals surface area contributed by atoms with Crippen molar-refractivity contribution >= 4 is 74.2 Å². The van der Waals surface area contributed by atoms with Crippen LogP contribution in [-0.4, -0.2) is 23.0 Å². The Hall–Kier alpha value is -3.73. The number of hydrogen-bond donors (Lipinski definition) is 3. The summed E-state index contributed by atoms with van der Waals surface area (Å²) in [6, 6.07) is 23.8. The Morgan fingerprint density at radius 3 is 2.46 bits per heavy atom. The largest absolute Gasteiger partial charge is 0.323 e. The van der Waals surface area contributed by atoms with E-state index in [9.17, 15) is 18.8 Å². The summed E-state index contributed by atoms with van der Waals surface area (Å²) >= 11 is 5.90.